The number of hydrazone groups is 1. The molecule has 20 heavy (non-hydrogen) atoms. The summed E-state index contributed by atoms with van der Waals surface area (Å²) in [5.41, 5.74) is 7.87. The maximum absolute atomic E-state index is 11.8. The smallest absolute Gasteiger partial charge is 0.273 e. The third-order valence-corrected chi connectivity index (χ3v) is 3.20. The van der Waals surface area contributed by atoms with Crippen LogP contribution >= 0.6 is 11.3 Å². The Hall–Kier alpha value is -2.74. The molecule has 7 nitrogen and oxygen atoms in total. The van der Waals surface area contributed by atoms with Gasteiger partial charge in [0.1, 0.15) is 0 Å². The van der Waals surface area contributed by atoms with Crippen LogP contribution in [0.2, 0.25) is 0 Å². The molecule has 0 atom stereocenters. The summed E-state index contributed by atoms with van der Waals surface area (Å²) in [4.78, 5) is 22.8. The number of amides is 1. The molecule has 3 N–H and O–H groups in total. The highest BCUT2D eigenvalue weighted by molar-refractivity contribution is 7.11. The number of carbonyl (C=O) groups is 1. The van der Waals surface area contributed by atoms with Gasteiger partial charge >= 0.3 is 0 Å². The lowest BCUT2D eigenvalue weighted by Gasteiger charge is -2.03. The van der Waals surface area contributed by atoms with Crippen LogP contribution in [0.5, 0.6) is 0 Å². The molecule has 0 spiro atoms. The molecule has 1 heterocycles. The van der Waals surface area contributed by atoms with E-state index in [4.69, 9.17) is 5.73 Å². The average molecular weight is 290 g/mol. The van der Waals surface area contributed by atoms with Gasteiger partial charge in [0.15, 0.2) is 0 Å². The zero-order valence-electron chi connectivity index (χ0n) is 10.1. The van der Waals surface area contributed by atoms with Crippen molar-refractivity contribution >= 4 is 34.8 Å². The molecule has 0 radical (unpaired) electrons. The first-order chi connectivity index (χ1) is 9.58. The number of carbonyl (C=O) groups excluding carboxylic acids is 1. The molecule has 0 fully saturated rings. The molecule has 2 rings (SSSR count). The summed E-state index contributed by atoms with van der Waals surface area (Å²) < 4.78 is 0. The predicted molar refractivity (Wildman–Crippen MR) is 76.9 cm³/mol. The number of hydrogen-bond donors (Lipinski definition) is 2. The molecule has 0 saturated carbocycles. The van der Waals surface area contributed by atoms with Gasteiger partial charge in [-0.2, -0.15) is 5.10 Å². The SMILES string of the molecule is Nc1ccc([N+](=O)[O-])cc1C(=O)N/N=C\c1cccs1. The lowest BCUT2D eigenvalue weighted by Crippen LogP contribution is -2.19. The lowest BCUT2D eigenvalue weighted by atomic mass is 10.1. The fraction of sp³-hybridized carbons (Fsp3) is 0. The number of thiophene rings is 1. The second-order valence-electron chi connectivity index (χ2n) is 3.74. The van der Waals surface area contributed by atoms with Crippen LogP contribution in [0.25, 0.3) is 0 Å². The quantitative estimate of drug-likeness (QED) is 0.388. The molecule has 1 aromatic heterocycles. The first kappa shape index (κ1) is 13.7. The van der Waals surface area contributed by atoms with Crippen molar-refractivity contribution in [1.29, 1.82) is 0 Å². The van der Waals surface area contributed by atoms with E-state index in [9.17, 15) is 14.9 Å². The Labute approximate surface area is 117 Å². The summed E-state index contributed by atoms with van der Waals surface area (Å²) in [6, 6.07) is 7.36. The number of nitrogen functional groups attached to an aromatic ring is 1. The number of nitrogens with zero attached hydrogens (tertiary/aromatic N) is 2. The fourth-order valence-electron chi connectivity index (χ4n) is 1.43. The molecule has 0 aliphatic carbocycles. The van der Waals surface area contributed by atoms with E-state index in [1.807, 2.05) is 17.5 Å². The zero-order valence-corrected chi connectivity index (χ0v) is 11.0. The first-order valence-electron chi connectivity index (χ1n) is 5.49. The van der Waals surface area contributed by atoms with E-state index in [0.717, 1.165) is 10.9 Å². The molecule has 1 amide bonds. The Morgan fingerprint density at radius 2 is 2.25 bits per heavy atom. The second kappa shape index (κ2) is 5.93. The van der Waals surface area contributed by atoms with Crippen LogP contribution in [0.1, 0.15) is 15.2 Å². The number of non-ortho nitro benzene ring substituents is 1. The normalized spacial score (nSPS) is 10.6. The van der Waals surface area contributed by atoms with E-state index in [0.29, 0.717) is 0 Å². The van der Waals surface area contributed by atoms with Gasteiger partial charge in [0.05, 0.1) is 16.7 Å². The van der Waals surface area contributed by atoms with Gasteiger partial charge in [-0.1, -0.05) is 6.07 Å². The van der Waals surface area contributed by atoms with E-state index < -0.39 is 10.8 Å². The highest BCUT2D eigenvalue weighted by Gasteiger charge is 2.14. The van der Waals surface area contributed by atoms with Gasteiger partial charge in [-0.05, 0) is 17.5 Å². The van der Waals surface area contributed by atoms with E-state index in [2.05, 4.69) is 10.5 Å². The summed E-state index contributed by atoms with van der Waals surface area (Å²) >= 11 is 1.47. The molecular formula is C12H10N4O3S. The monoisotopic (exact) mass is 290 g/mol. The Morgan fingerprint density at radius 1 is 1.45 bits per heavy atom. The Morgan fingerprint density at radius 3 is 2.90 bits per heavy atom. The van der Waals surface area contributed by atoms with E-state index >= 15 is 0 Å². The standard InChI is InChI=1S/C12H10N4O3S/c13-11-4-3-8(16(18)19)6-10(11)12(17)15-14-7-9-2-1-5-20-9/h1-7H,13H2,(H,15,17)/b14-7-. The zero-order chi connectivity index (χ0) is 14.5. The van der Waals surface area contributed by atoms with Crippen molar-refractivity contribution in [3.63, 3.8) is 0 Å². The summed E-state index contributed by atoms with van der Waals surface area (Å²) in [5.74, 6) is -0.598. The number of nitrogens with two attached hydrogens (primary N) is 1. The van der Waals surface area contributed by atoms with Crippen LogP contribution in [-0.4, -0.2) is 17.0 Å². The molecule has 102 valence electrons. The molecular weight excluding hydrogens is 280 g/mol. The lowest BCUT2D eigenvalue weighted by molar-refractivity contribution is -0.384. The predicted octanol–water partition coefficient (Wildman–Crippen LogP) is 2.00. The van der Waals surface area contributed by atoms with Crippen molar-refractivity contribution in [1.82, 2.24) is 5.43 Å². The van der Waals surface area contributed by atoms with Crippen LogP contribution in [0.15, 0.2) is 40.8 Å². The number of nitrogens with one attached hydrogen (secondary N) is 1. The van der Waals surface area contributed by atoms with Crippen LogP contribution < -0.4 is 11.2 Å². The number of rotatable bonds is 4. The summed E-state index contributed by atoms with van der Waals surface area (Å²) in [6.07, 6.45) is 1.48. The molecule has 0 aliphatic rings. The highest BCUT2D eigenvalue weighted by atomic mass is 32.1. The van der Waals surface area contributed by atoms with Crippen LogP contribution in [0.4, 0.5) is 11.4 Å². The molecule has 0 bridgehead atoms. The molecule has 0 unspecified atom stereocenters. The van der Waals surface area contributed by atoms with Crippen molar-refractivity contribution in [3.8, 4) is 0 Å². The van der Waals surface area contributed by atoms with Crippen molar-refractivity contribution in [3.05, 3.63) is 56.3 Å². The molecule has 8 heteroatoms. The molecule has 0 saturated heterocycles. The average Bonchev–Trinajstić information content (AvgIpc) is 2.92. The summed E-state index contributed by atoms with van der Waals surface area (Å²) in [6.45, 7) is 0. The summed E-state index contributed by atoms with van der Waals surface area (Å²) in [5, 5.41) is 16.3. The van der Waals surface area contributed by atoms with Gasteiger partial charge in [-0.25, -0.2) is 5.43 Å². The summed E-state index contributed by atoms with van der Waals surface area (Å²) in [7, 11) is 0. The third-order valence-electron chi connectivity index (χ3n) is 2.39. The molecule has 2 aromatic rings. The third kappa shape index (κ3) is 3.18. The first-order valence-corrected chi connectivity index (χ1v) is 6.36. The van der Waals surface area contributed by atoms with Crippen molar-refractivity contribution in [2.24, 2.45) is 5.10 Å². The van der Waals surface area contributed by atoms with Gasteiger partial charge in [-0.15, -0.1) is 11.3 Å². The minimum absolute atomic E-state index is 0.0162. The van der Waals surface area contributed by atoms with Gasteiger partial charge in [0.25, 0.3) is 11.6 Å². The minimum atomic E-state index is -0.598. The fourth-order valence-corrected chi connectivity index (χ4v) is 2.02. The Kier molecular flexibility index (Phi) is 4.06. The number of nitro groups is 1. The number of hydrogen-bond acceptors (Lipinski definition) is 6. The van der Waals surface area contributed by atoms with E-state index in [1.54, 1.807) is 0 Å². The number of anilines is 1. The maximum Gasteiger partial charge on any atom is 0.273 e. The van der Waals surface area contributed by atoms with Crippen LogP contribution in [-0.2, 0) is 0 Å². The number of nitro benzene ring substituents is 1. The van der Waals surface area contributed by atoms with Gasteiger partial charge in [0.2, 0.25) is 0 Å². The van der Waals surface area contributed by atoms with E-state index in [1.165, 1.54) is 29.7 Å². The minimum Gasteiger partial charge on any atom is -0.398 e. The highest BCUT2D eigenvalue weighted by Crippen LogP contribution is 2.19. The van der Waals surface area contributed by atoms with Crippen molar-refractivity contribution in [2.45, 2.75) is 0 Å². The number of benzene rings is 1. The molecule has 1 aromatic carbocycles. The van der Waals surface area contributed by atoms with Crippen LogP contribution in [0, 0.1) is 10.1 Å². The van der Waals surface area contributed by atoms with Gasteiger partial charge < -0.3 is 5.73 Å². The Bertz CT molecular complexity index is 667. The van der Waals surface area contributed by atoms with Crippen molar-refractivity contribution in [2.75, 3.05) is 5.73 Å². The van der Waals surface area contributed by atoms with E-state index in [-0.39, 0.29) is 16.9 Å². The maximum atomic E-state index is 11.8. The van der Waals surface area contributed by atoms with Gasteiger partial charge in [-0.3, -0.25) is 14.9 Å². The largest absolute Gasteiger partial charge is 0.398 e. The topological polar surface area (TPSA) is 111 Å². The Balaban J connectivity index is 2.12. The van der Waals surface area contributed by atoms with Gasteiger partial charge in [0, 0.05) is 22.7 Å². The van der Waals surface area contributed by atoms with Crippen LogP contribution in [0.3, 0.4) is 0 Å². The molecule has 0 aliphatic heterocycles. The second-order valence-corrected chi connectivity index (χ2v) is 4.72. The van der Waals surface area contributed by atoms with Crippen molar-refractivity contribution < 1.29 is 9.72 Å².